The Morgan fingerprint density at radius 1 is 1.36 bits per heavy atom. The third-order valence-corrected chi connectivity index (χ3v) is 9.11. The van der Waals surface area contributed by atoms with Crippen LogP contribution in [0, 0.1) is 6.92 Å². The highest BCUT2D eigenvalue weighted by Gasteiger charge is 2.40. The highest BCUT2D eigenvalue weighted by Crippen LogP contribution is 2.35. The Morgan fingerprint density at radius 3 is 2.89 bits per heavy atom. The van der Waals surface area contributed by atoms with Crippen molar-refractivity contribution in [1.29, 1.82) is 0 Å². The van der Waals surface area contributed by atoms with Crippen LogP contribution in [0.2, 0.25) is 0 Å². The number of anilines is 1. The molecule has 0 aliphatic carbocycles. The van der Waals surface area contributed by atoms with E-state index in [0.717, 1.165) is 21.6 Å². The zero-order valence-electron chi connectivity index (χ0n) is 15.3. The van der Waals surface area contributed by atoms with Crippen LogP contribution in [0.3, 0.4) is 0 Å². The molecule has 1 saturated heterocycles. The summed E-state index contributed by atoms with van der Waals surface area (Å²) in [7, 11) is -2.09. The van der Waals surface area contributed by atoms with Crippen molar-refractivity contribution >= 4 is 54.0 Å². The number of fused-ring (bicyclic) bond motifs is 1. The van der Waals surface area contributed by atoms with Crippen molar-refractivity contribution in [2.75, 3.05) is 19.0 Å². The molecule has 1 aromatic carbocycles. The molecule has 0 bridgehead atoms. The van der Waals surface area contributed by atoms with Crippen molar-refractivity contribution < 1.29 is 17.9 Å². The van der Waals surface area contributed by atoms with Gasteiger partial charge in [-0.15, -0.1) is 11.3 Å². The first-order chi connectivity index (χ1) is 13.4. The molecule has 1 atom stereocenters. The second kappa shape index (κ2) is 7.43. The highest BCUT2D eigenvalue weighted by molar-refractivity contribution is 7.91. The lowest BCUT2D eigenvalue weighted by Gasteiger charge is -2.22. The minimum Gasteiger partial charge on any atom is -0.494 e. The molecule has 3 heterocycles. The Balaban J connectivity index is 1.60. The van der Waals surface area contributed by atoms with Crippen molar-refractivity contribution in [3.8, 4) is 5.75 Å². The Labute approximate surface area is 171 Å². The number of hydrogen-bond acceptors (Lipinski definition) is 7. The quantitative estimate of drug-likeness (QED) is 0.660. The van der Waals surface area contributed by atoms with E-state index in [-0.39, 0.29) is 10.1 Å². The van der Waals surface area contributed by atoms with Crippen LogP contribution in [-0.4, -0.2) is 43.3 Å². The number of thiophene rings is 1. The standard InChI is InChI=1S/C18H19N3O4S3/c1-11-7-8-13(25-2)15-16(11)27-18(19-15)20-17(22)12-5-3-9-21(12)28(23,24)14-6-4-10-26-14/h4,6-8,10,12H,3,5,9H2,1-2H3,(H,19,20,22)/t12-/m0/s1. The normalized spacial score (nSPS) is 17.9. The number of aryl methyl sites for hydroxylation is 1. The van der Waals surface area contributed by atoms with Crippen molar-refractivity contribution in [2.24, 2.45) is 0 Å². The second-order valence-electron chi connectivity index (χ2n) is 6.48. The van der Waals surface area contributed by atoms with Crippen LogP contribution in [0.5, 0.6) is 5.75 Å². The Kier molecular flexibility index (Phi) is 5.13. The molecule has 10 heteroatoms. The summed E-state index contributed by atoms with van der Waals surface area (Å²) in [5.41, 5.74) is 1.73. The van der Waals surface area contributed by atoms with Gasteiger partial charge in [-0.1, -0.05) is 23.5 Å². The number of nitrogens with zero attached hydrogens (tertiary/aromatic N) is 2. The van der Waals surface area contributed by atoms with Gasteiger partial charge < -0.3 is 10.1 Å². The SMILES string of the molecule is COc1ccc(C)c2sc(NC(=O)[C@@H]3CCCN3S(=O)(=O)c3cccs3)nc12. The van der Waals surface area contributed by atoms with E-state index in [0.29, 0.717) is 35.8 Å². The summed E-state index contributed by atoms with van der Waals surface area (Å²) in [6.07, 6.45) is 1.14. The summed E-state index contributed by atoms with van der Waals surface area (Å²) >= 11 is 2.52. The lowest BCUT2D eigenvalue weighted by Crippen LogP contribution is -2.42. The molecule has 0 radical (unpaired) electrons. The average molecular weight is 438 g/mol. The summed E-state index contributed by atoms with van der Waals surface area (Å²) in [6, 6.07) is 6.31. The zero-order chi connectivity index (χ0) is 19.9. The third kappa shape index (κ3) is 3.30. The topological polar surface area (TPSA) is 88.6 Å². The maximum Gasteiger partial charge on any atom is 0.253 e. The van der Waals surface area contributed by atoms with Gasteiger partial charge in [0, 0.05) is 6.54 Å². The smallest absolute Gasteiger partial charge is 0.253 e. The molecule has 1 amide bonds. The predicted molar refractivity (Wildman–Crippen MR) is 111 cm³/mol. The first kappa shape index (κ1) is 19.3. The van der Waals surface area contributed by atoms with Crippen molar-refractivity contribution in [3.05, 3.63) is 35.2 Å². The summed E-state index contributed by atoms with van der Waals surface area (Å²) in [5, 5.41) is 4.96. The first-order valence-electron chi connectivity index (χ1n) is 8.72. The molecular formula is C18H19N3O4S3. The van der Waals surface area contributed by atoms with Crippen molar-refractivity contribution in [2.45, 2.75) is 30.0 Å². The maximum atomic E-state index is 12.9. The van der Waals surface area contributed by atoms with Gasteiger partial charge in [-0.3, -0.25) is 4.79 Å². The Bertz CT molecular complexity index is 1120. The van der Waals surface area contributed by atoms with Crippen molar-refractivity contribution in [1.82, 2.24) is 9.29 Å². The first-order valence-corrected chi connectivity index (χ1v) is 11.9. The number of carbonyl (C=O) groups excluding carboxylic acids is 1. The van der Waals surface area contributed by atoms with Gasteiger partial charge in [0.05, 0.1) is 11.8 Å². The number of benzene rings is 1. The van der Waals surface area contributed by atoms with Crippen LogP contribution in [-0.2, 0) is 14.8 Å². The minimum absolute atomic E-state index is 0.257. The second-order valence-corrected chi connectivity index (χ2v) is 10.5. The number of rotatable bonds is 5. The van der Waals surface area contributed by atoms with Gasteiger partial charge in [0.25, 0.3) is 10.0 Å². The number of sulfonamides is 1. The van der Waals surface area contributed by atoms with E-state index in [1.54, 1.807) is 24.6 Å². The van der Waals surface area contributed by atoms with Gasteiger partial charge in [0.15, 0.2) is 5.13 Å². The molecule has 4 rings (SSSR count). The summed E-state index contributed by atoms with van der Waals surface area (Å²) in [6.45, 7) is 2.31. The summed E-state index contributed by atoms with van der Waals surface area (Å²) in [4.78, 5) is 17.4. The van der Waals surface area contributed by atoms with Crippen LogP contribution in [0.4, 0.5) is 5.13 Å². The third-order valence-electron chi connectivity index (χ3n) is 4.72. The number of thiazole rings is 1. The highest BCUT2D eigenvalue weighted by atomic mass is 32.2. The van der Waals surface area contributed by atoms with Gasteiger partial charge in [0.2, 0.25) is 5.91 Å². The molecule has 1 N–H and O–H groups in total. The van der Waals surface area contributed by atoms with Crippen molar-refractivity contribution in [3.63, 3.8) is 0 Å². The van der Waals surface area contributed by atoms with E-state index in [9.17, 15) is 13.2 Å². The van der Waals surface area contributed by atoms with E-state index >= 15 is 0 Å². The fourth-order valence-electron chi connectivity index (χ4n) is 3.33. The largest absolute Gasteiger partial charge is 0.494 e. The molecule has 148 valence electrons. The number of amides is 1. The number of methoxy groups -OCH3 is 1. The minimum atomic E-state index is -3.67. The molecule has 7 nitrogen and oxygen atoms in total. The van der Waals surface area contributed by atoms with Crippen LogP contribution in [0.25, 0.3) is 10.2 Å². The molecule has 1 aliphatic rings. The maximum absolute atomic E-state index is 12.9. The van der Waals surface area contributed by atoms with Gasteiger partial charge in [-0.25, -0.2) is 13.4 Å². The number of aromatic nitrogens is 1. The van der Waals surface area contributed by atoms with Crippen LogP contribution >= 0.6 is 22.7 Å². The van der Waals surface area contributed by atoms with Crippen LogP contribution < -0.4 is 10.1 Å². The van der Waals surface area contributed by atoms with E-state index in [2.05, 4.69) is 10.3 Å². The molecule has 28 heavy (non-hydrogen) atoms. The summed E-state index contributed by atoms with van der Waals surface area (Å²) in [5.74, 6) is 0.286. The Hall–Kier alpha value is -2.01. The number of ether oxygens (including phenoxy) is 1. The van der Waals surface area contributed by atoms with Crippen LogP contribution in [0.1, 0.15) is 18.4 Å². The van der Waals surface area contributed by atoms with E-state index in [4.69, 9.17) is 4.74 Å². The molecule has 1 fully saturated rings. The van der Waals surface area contributed by atoms with E-state index in [1.165, 1.54) is 15.6 Å². The summed E-state index contributed by atoms with van der Waals surface area (Å²) < 4.78 is 33.6. The monoisotopic (exact) mass is 437 g/mol. The van der Waals surface area contributed by atoms with Gasteiger partial charge >= 0.3 is 0 Å². The van der Waals surface area contributed by atoms with Gasteiger partial charge in [-0.2, -0.15) is 4.31 Å². The fourth-order valence-corrected chi connectivity index (χ4v) is 7.06. The number of nitrogens with one attached hydrogen (secondary N) is 1. The molecule has 1 aliphatic heterocycles. The van der Waals surface area contributed by atoms with E-state index in [1.807, 2.05) is 19.1 Å². The lowest BCUT2D eigenvalue weighted by atomic mass is 10.2. The fraction of sp³-hybridized carbons (Fsp3) is 0.333. The Morgan fingerprint density at radius 2 is 2.18 bits per heavy atom. The molecule has 2 aromatic heterocycles. The average Bonchev–Trinajstić information content (AvgIpc) is 3.41. The molecule has 0 saturated carbocycles. The molecule has 0 spiro atoms. The lowest BCUT2D eigenvalue weighted by molar-refractivity contribution is -0.119. The number of hydrogen-bond donors (Lipinski definition) is 1. The van der Waals surface area contributed by atoms with Gasteiger partial charge in [0.1, 0.15) is 21.5 Å². The van der Waals surface area contributed by atoms with Crippen LogP contribution in [0.15, 0.2) is 33.9 Å². The molecule has 3 aromatic rings. The van der Waals surface area contributed by atoms with Gasteiger partial charge in [-0.05, 0) is 42.8 Å². The molecule has 0 unspecified atom stereocenters. The van der Waals surface area contributed by atoms with E-state index < -0.39 is 16.1 Å². The zero-order valence-corrected chi connectivity index (χ0v) is 17.8. The number of carbonyl (C=O) groups is 1. The molecular weight excluding hydrogens is 418 g/mol. The predicted octanol–water partition coefficient (Wildman–Crippen LogP) is 3.47.